The summed E-state index contributed by atoms with van der Waals surface area (Å²) in [6, 6.07) is 5.23. The fourth-order valence-electron chi connectivity index (χ4n) is 2.41. The molecule has 0 saturated carbocycles. The number of anilines is 1. The average Bonchev–Trinajstić information content (AvgIpc) is 2.84. The standard InChI is InChI=1S/C14H19F3N2/c1-2-19-8-7-11(10-19)9-18-13-5-3-12(4-6-13)14(15,16)17/h3-6,11,18H,2,7-10H2,1H3. The van der Waals surface area contributed by atoms with Gasteiger partial charge in [-0.05, 0) is 49.7 Å². The van der Waals surface area contributed by atoms with E-state index in [1.165, 1.54) is 12.1 Å². The molecule has 0 bridgehead atoms. The number of hydrogen-bond donors (Lipinski definition) is 1. The van der Waals surface area contributed by atoms with Gasteiger partial charge in [-0.15, -0.1) is 0 Å². The molecule has 0 aliphatic carbocycles. The molecule has 1 N–H and O–H groups in total. The van der Waals surface area contributed by atoms with E-state index < -0.39 is 11.7 Å². The summed E-state index contributed by atoms with van der Waals surface area (Å²) in [5.74, 6) is 0.585. The SMILES string of the molecule is CCN1CCC(CNc2ccc(C(F)(F)F)cc2)C1. The second kappa shape index (κ2) is 5.82. The number of halogens is 3. The van der Waals surface area contributed by atoms with E-state index in [1.54, 1.807) is 0 Å². The number of likely N-dealkylation sites (tertiary alicyclic amines) is 1. The highest BCUT2D eigenvalue weighted by atomic mass is 19.4. The number of rotatable bonds is 4. The van der Waals surface area contributed by atoms with Gasteiger partial charge in [-0.25, -0.2) is 0 Å². The van der Waals surface area contributed by atoms with Gasteiger partial charge in [0.2, 0.25) is 0 Å². The fraction of sp³-hybridized carbons (Fsp3) is 0.571. The van der Waals surface area contributed by atoms with Crippen LogP contribution in [0.2, 0.25) is 0 Å². The molecule has 1 aliphatic rings. The van der Waals surface area contributed by atoms with E-state index in [1.807, 2.05) is 0 Å². The Bertz CT molecular complexity index is 400. The number of nitrogens with zero attached hydrogens (tertiary/aromatic N) is 1. The minimum atomic E-state index is -4.26. The molecule has 0 spiro atoms. The van der Waals surface area contributed by atoms with Crippen molar-refractivity contribution < 1.29 is 13.2 Å². The third-order valence-electron chi connectivity index (χ3n) is 3.62. The van der Waals surface area contributed by atoms with Crippen molar-refractivity contribution in [2.24, 2.45) is 5.92 Å². The Morgan fingerprint density at radius 3 is 2.47 bits per heavy atom. The number of alkyl halides is 3. The van der Waals surface area contributed by atoms with E-state index in [9.17, 15) is 13.2 Å². The van der Waals surface area contributed by atoms with Gasteiger partial charge in [-0.3, -0.25) is 0 Å². The molecule has 2 nitrogen and oxygen atoms in total. The van der Waals surface area contributed by atoms with Crippen LogP contribution in [0.3, 0.4) is 0 Å². The summed E-state index contributed by atoms with van der Waals surface area (Å²) in [5, 5.41) is 3.22. The van der Waals surface area contributed by atoms with E-state index in [-0.39, 0.29) is 0 Å². The summed E-state index contributed by atoms with van der Waals surface area (Å²) in [5.41, 5.74) is 0.152. The molecule has 1 fully saturated rings. The first-order chi connectivity index (χ1) is 8.99. The largest absolute Gasteiger partial charge is 0.416 e. The van der Waals surface area contributed by atoms with Gasteiger partial charge in [0.1, 0.15) is 0 Å². The van der Waals surface area contributed by atoms with Crippen LogP contribution in [0.25, 0.3) is 0 Å². The maximum Gasteiger partial charge on any atom is 0.416 e. The molecule has 0 radical (unpaired) electrons. The highest BCUT2D eigenvalue weighted by molar-refractivity contribution is 5.45. The van der Waals surface area contributed by atoms with Gasteiger partial charge in [0.05, 0.1) is 5.56 Å². The molecule has 1 unspecified atom stereocenters. The van der Waals surface area contributed by atoms with Crippen LogP contribution in [0.15, 0.2) is 24.3 Å². The number of nitrogens with one attached hydrogen (secondary N) is 1. The molecule has 1 heterocycles. The molecule has 2 rings (SSSR count). The van der Waals surface area contributed by atoms with Crippen LogP contribution in [-0.2, 0) is 6.18 Å². The van der Waals surface area contributed by atoms with E-state index in [4.69, 9.17) is 0 Å². The maximum atomic E-state index is 12.4. The lowest BCUT2D eigenvalue weighted by Gasteiger charge is -2.15. The predicted molar refractivity (Wildman–Crippen MR) is 70.2 cm³/mol. The van der Waals surface area contributed by atoms with Gasteiger partial charge in [0, 0.05) is 18.8 Å². The van der Waals surface area contributed by atoms with Crippen LogP contribution in [0.4, 0.5) is 18.9 Å². The number of benzene rings is 1. The molecule has 19 heavy (non-hydrogen) atoms. The van der Waals surface area contributed by atoms with Crippen LogP contribution in [0.1, 0.15) is 18.9 Å². The van der Waals surface area contributed by atoms with E-state index >= 15 is 0 Å². The van der Waals surface area contributed by atoms with E-state index in [2.05, 4.69) is 17.1 Å². The van der Waals surface area contributed by atoms with E-state index in [0.29, 0.717) is 5.92 Å². The Morgan fingerprint density at radius 1 is 1.26 bits per heavy atom. The Labute approximate surface area is 111 Å². The molecular formula is C14H19F3N2. The molecule has 1 atom stereocenters. The van der Waals surface area contributed by atoms with Crippen molar-refractivity contribution in [1.29, 1.82) is 0 Å². The summed E-state index contributed by atoms with van der Waals surface area (Å²) in [6.45, 7) is 6.23. The summed E-state index contributed by atoms with van der Waals surface area (Å²) in [6.07, 6.45) is -3.10. The van der Waals surface area contributed by atoms with Gasteiger partial charge in [-0.1, -0.05) is 6.92 Å². The molecule has 106 valence electrons. The van der Waals surface area contributed by atoms with Crippen molar-refractivity contribution >= 4 is 5.69 Å². The second-order valence-electron chi connectivity index (χ2n) is 5.00. The monoisotopic (exact) mass is 272 g/mol. The van der Waals surface area contributed by atoms with Crippen molar-refractivity contribution in [3.63, 3.8) is 0 Å². The predicted octanol–water partition coefficient (Wildman–Crippen LogP) is 3.46. The first kappa shape index (κ1) is 14.2. The smallest absolute Gasteiger partial charge is 0.385 e. The zero-order valence-corrected chi connectivity index (χ0v) is 11.0. The van der Waals surface area contributed by atoms with Crippen molar-refractivity contribution in [2.45, 2.75) is 19.5 Å². The molecule has 1 saturated heterocycles. The lowest BCUT2D eigenvalue weighted by atomic mass is 10.1. The highest BCUT2D eigenvalue weighted by Gasteiger charge is 2.30. The second-order valence-corrected chi connectivity index (χ2v) is 5.00. The quantitative estimate of drug-likeness (QED) is 0.903. The minimum absolute atomic E-state index is 0.585. The molecule has 0 aromatic heterocycles. The normalized spacial score (nSPS) is 20.7. The lowest BCUT2D eigenvalue weighted by molar-refractivity contribution is -0.137. The average molecular weight is 272 g/mol. The van der Waals surface area contributed by atoms with Gasteiger partial charge < -0.3 is 10.2 Å². The first-order valence-corrected chi connectivity index (χ1v) is 6.62. The van der Waals surface area contributed by atoms with Gasteiger partial charge in [0.25, 0.3) is 0 Å². The molecule has 1 aromatic rings. The van der Waals surface area contributed by atoms with Gasteiger partial charge in [0.15, 0.2) is 0 Å². The Kier molecular flexibility index (Phi) is 4.34. The minimum Gasteiger partial charge on any atom is -0.385 e. The summed E-state index contributed by atoms with van der Waals surface area (Å²) in [4.78, 5) is 2.39. The van der Waals surface area contributed by atoms with E-state index in [0.717, 1.165) is 50.4 Å². The highest BCUT2D eigenvalue weighted by Crippen LogP contribution is 2.29. The zero-order valence-electron chi connectivity index (χ0n) is 11.0. The summed E-state index contributed by atoms with van der Waals surface area (Å²) in [7, 11) is 0. The van der Waals surface area contributed by atoms with Crippen LogP contribution >= 0.6 is 0 Å². The maximum absolute atomic E-state index is 12.4. The summed E-state index contributed by atoms with van der Waals surface area (Å²) >= 11 is 0. The van der Waals surface area contributed by atoms with Crippen LogP contribution in [0, 0.1) is 5.92 Å². The van der Waals surface area contributed by atoms with Crippen LogP contribution in [0.5, 0.6) is 0 Å². The fourth-order valence-corrected chi connectivity index (χ4v) is 2.41. The Balaban J connectivity index is 1.84. The first-order valence-electron chi connectivity index (χ1n) is 6.62. The third-order valence-corrected chi connectivity index (χ3v) is 3.62. The molecule has 5 heteroatoms. The van der Waals surface area contributed by atoms with Crippen LogP contribution in [-0.4, -0.2) is 31.1 Å². The topological polar surface area (TPSA) is 15.3 Å². The molecular weight excluding hydrogens is 253 g/mol. The Morgan fingerprint density at radius 2 is 1.95 bits per heavy atom. The van der Waals surface area contributed by atoms with Crippen molar-refractivity contribution in [1.82, 2.24) is 4.90 Å². The van der Waals surface area contributed by atoms with Crippen molar-refractivity contribution in [3.05, 3.63) is 29.8 Å². The van der Waals surface area contributed by atoms with Gasteiger partial charge in [-0.2, -0.15) is 13.2 Å². The van der Waals surface area contributed by atoms with Crippen molar-refractivity contribution in [3.8, 4) is 0 Å². The number of hydrogen-bond acceptors (Lipinski definition) is 2. The Hall–Kier alpha value is -1.23. The molecule has 1 aromatic carbocycles. The zero-order chi connectivity index (χ0) is 13.9. The molecule has 0 amide bonds. The summed E-state index contributed by atoms with van der Waals surface area (Å²) < 4.78 is 37.2. The van der Waals surface area contributed by atoms with Crippen LogP contribution < -0.4 is 5.32 Å². The molecule has 1 aliphatic heterocycles. The lowest BCUT2D eigenvalue weighted by Crippen LogP contribution is -2.22. The van der Waals surface area contributed by atoms with Gasteiger partial charge >= 0.3 is 6.18 Å². The van der Waals surface area contributed by atoms with Crippen molar-refractivity contribution in [2.75, 3.05) is 31.5 Å². The third kappa shape index (κ3) is 3.86.